The summed E-state index contributed by atoms with van der Waals surface area (Å²) in [6.45, 7) is 5.47. The second-order valence-corrected chi connectivity index (χ2v) is 11.4. The molecule has 0 saturated heterocycles. The first-order chi connectivity index (χ1) is 20.5. The molecule has 42 heavy (non-hydrogen) atoms. The zero-order valence-electron chi connectivity index (χ0n) is 26.1. The number of hydrogen-bond acceptors (Lipinski definition) is 4. The van der Waals surface area contributed by atoms with Gasteiger partial charge in [-0.2, -0.15) is 0 Å². The molecule has 234 valence electrons. The van der Waals surface area contributed by atoms with Gasteiger partial charge in [0.2, 0.25) is 0 Å². The Morgan fingerprint density at radius 2 is 1.10 bits per heavy atom. The molecule has 2 rings (SSSR count). The molecule has 1 unspecified atom stereocenters. The average Bonchev–Trinajstić information content (AvgIpc) is 2.99. The van der Waals surface area contributed by atoms with Crippen molar-refractivity contribution in [2.24, 2.45) is 0 Å². The predicted octanol–water partition coefficient (Wildman–Crippen LogP) is 10.3. The summed E-state index contributed by atoms with van der Waals surface area (Å²) in [5, 5.41) is 19.1. The molecule has 0 spiro atoms. The van der Waals surface area contributed by atoms with E-state index in [1.54, 1.807) is 30.3 Å². The van der Waals surface area contributed by atoms with Gasteiger partial charge in [0.15, 0.2) is 0 Å². The lowest BCUT2D eigenvalue weighted by atomic mass is 9.88. The molecule has 6 heteroatoms. The van der Waals surface area contributed by atoms with Crippen molar-refractivity contribution in [1.29, 1.82) is 0 Å². The van der Waals surface area contributed by atoms with Crippen LogP contribution in [0.25, 0.3) is 0 Å². The van der Waals surface area contributed by atoms with Crippen LogP contribution in [0.15, 0.2) is 42.5 Å². The van der Waals surface area contributed by atoms with Crippen LogP contribution in [0.4, 0.5) is 0 Å². The molecule has 2 N–H and O–H groups in total. The molecule has 0 aliphatic rings. The molecular formula is C36H54O6. The summed E-state index contributed by atoms with van der Waals surface area (Å²) in [7, 11) is 0. The Labute approximate surface area is 253 Å². The van der Waals surface area contributed by atoms with Gasteiger partial charge < -0.3 is 19.7 Å². The molecule has 1 atom stereocenters. The minimum Gasteiger partial charge on any atom is -0.493 e. The van der Waals surface area contributed by atoms with Crippen LogP contribution < -0.4 is 9.47 Å². The van der Waals surface area contributed by atoms with Crippen LogP contribution in [-0.4, -0.2) is 35.4 Å². The van der Waals surface area contributed by atoms with E-state index in [9.17, 15) is 19.8 Å². The lowest BCUT2D eigenvalue weighted by Gasteiger charge is -2.19. The highest BCUT2D eigenvalue weighted by Crippen LogP contribution is 2.32. The van der Waals surface area contributed by atoms with E-state index in [4.69, 9.17) is 9.47 Å². The fourth-order valence-corrected chi connectivity index (χ4v) is 5.41. The fourth-order valence-electron chi connectivity index (χ4n) is 5.41. The SMILES string of the molecule is CCCCCCCCCCCCOc1cc(C(CCCC)CCCCCOc2ccccc2C(=O)O)ccc1C(=O)O. The quantitative estimate of drug-likeness (QED) is 0.113. The summed E-state index contributed by atoms with van der Waals surface area (Å²) < 4.78 is 11.8. The maximum atomic E-state index is 11.9. The van der Waals surface area contributed by atoms with Gasteiger partial charge in [-0.05, 0) is 61.4 Å². The van der Waals surface area contributed by atoms with Gasteiger partial charge in [0.1, 0.15) is 22.6 Å². The van der Waals surface area contributed by atoms with Crippen LogP contribution >= 0.6 is 0 Å². The van der Waals surface area contributed by atoms with E-state index in [1.807, 2.05) is 12.1 Å². The highest BCUT2D eigenvalue weighted by molar-refractivity contribution is 5.91. The van der Waals surface area contributed by atoms with Gasteiger partial charge in [0.25, 0.3) is 0 Å². The predicted molar refractivity (Wildman–Crippen MR) is 170 cm³/mol. The lowest BCUT2D eigenvalue weighted by Crippen LogP contribution is -2.07. The minimum atomic E-state index is -0.981. The highest BCUT2D eigenvalue weighted by atomic mass is 16.5. The van der Waals surface area contributed by atoms with Crippen molar-refractivity contribution < 1.29 is 29.3 Å². The van der Waals surface area contributed by atoms with Crippen molar-refractivity contribution in [2.75, 3.05) is 13.2 Å². The molecule has 0 bridgehead atoms. The Hall–Kier alpha value is -3.02. The van der Waals surface area contributed by atoms with Crippen molar-refractivity contribution >= 4 is 11.9 Å². The van der Waals surface area contributed by atoms with Crippen molar-refractivity contribution in [2.45, 2.75) is 129 Å². The van der Waals surface area contributed by atoms with E-state index in [0.29, 0.717) is 30.6 Å². The van der Waals surface area contributed by atoms with E-state index in [2.05, 4.69) is 13.8 Å². The largest absolute Gasteiger partial charge is 0.493 e. The second kappa shape index (κ2) is 21.6. The summed E-state index contributed by atoms with van der Waals surface area (Å²) in [6, 6.07) is 12.4. The zero-order valence-corrected chi connectivity index (χ0v) is 26.1. The first kappa shape index (κ1) is 35.2. The maximum Gasteiger partial charge on any atom is 0.339 e. The van der Waals surface area contributed by atoms with E-state index in [-0.39, 0.29) is 11.1 Å². The normalized spacial score (nSPS) is 11.8. The molecule has 0 heterocycles. The molecule has 0 aromatic heterocycles. The number of carbonyl (C=O) groups is 2. The maximum absolute atomic E-state index is 11.9. The number of benzene rings is 2. The fraction of sp³-hybridized carbons (Fsp3) is 0.611. The third kappa shape index (κ3) is 13.8. The number of carboxylic acid groups (broad SMARTS) is 2. The summed E-state index contributed by atoms with van der Waals surface area (Å²) in [4.78, 5) is 23.3. The molecule has 0 amide bonds. The number of unbranched alkanes of at least 4 members (excludes halogenated alkanes) is 12. The first-order valence-electron chi connectivity index (χ1n) is 16.4. The number of carboxylic acids is 2. The first-order valence-corrected chi connectivity index (χ1v) is 16.4. The van der Waals surface area contributed by atoms with E-state index >= 15 is 0 Å². The van der Waals surface area contributed by atoms with Crippen molar-refractivity contribution in [3.63, 3.8) is 0 Å². The Bertz CT molecular complexity index is 1030. The number of hydrogen-bond donors (Lipinski definition) is 2. The Kier molecular flexibility index (Phi) is 18.1. The molecule has 0 saturated carbocycles. The van der Waals surface area contributed by atoms with Crippen LogP contribution in [0.3, 0.4) is 0 Å². The molecule has 2 aromatic rings. The molecule has 0 aliphatic heterocycles. The monoisotopic (exact) mass is 582 g/mol. The summed E-state index contributed by atoms with van der Waals surface area (Å²) in [5.74, 6) is -0.682. The molecule has 0 fully saturated rings. The van der Waals surface area contributed by atoms with Gasteiger partial charge in [-0.3, -0.25) is 0 Å². The van der Waals surface area contributed by atoms with Crippen LogP contribution in [0.2, 0.25) is 0 Å². The second-order valence-electron chi connectivity index (χ2n) is 11.4. The number of para-hydroxylation sites is 1. The number of rotatable bonds is 25. The summed E-state index contributed by atoms with van der Waals surface area (Å²) >= 11 is 0. The minimum absolute atomic E-state index is 0.188. The van der Waals surface area contributed by atoms with Gasteiger partial charge in [-0.15, -0.1) is 0 Å². The van der Waals surface area contributed by atoms with Crippen molar-refractivity contribution in [3.05, 3.63) is 59.2 Å². The topological polar surface area (TPSA) is 93.1 Å². The number of ether oxygens (including phenoxy) is 2. The smallest absolute Gasteiger partial charge is 0.339 e. The molecule has 0 radical (unpaired) electrons. The average molecular weight is 583 g/mol. The standard InChI is InChI=1S/C36H54O6/c1-3-5-7-8-9-10-11-12-13-18-27-42-34-28-30(24-25-32(34)36(39)40)29(20-6-4-2)21-15-14-19-26-41-33-23-17-16-22-31(33)35(37)38/h16-17,22-25,28-29H,3-15,18-21,26-27H2,1-2H3,(H,37,38)(H,39,40). The highest BCUT2D eigenvalue weighted by Gasteiger charge is 2.17. The number of aromatic carboxylic acids is 2. The Morgan fingerprint density at radius 1 is 0.595 bits per heavy atom. The Balaban J connectivity index is 1.82. The third-order valence-corrected chi connectivity index (χ3v) is 7.94. The van der Waals surface area contributed by atoms with Crippen LogP contribution in [0, 0.1) is 0 Å². The van der Waals surface area contributed by atoms with Gasteiger partial charge >= 0.3 is 11.9 Å². The van der Waals surface area contributed by atoms with Crippen LogP contribution in [-0.2, 0) is 0 Å². The van der Waals surface area contributed by atoms with Crippen LogP contribution in [0.5, 0.6) is 11.5 Å². The van der Waals surface area contributed by atoms with E-state index in [0.717, 1.165) is 63.4 Å². The molecule has 0 aliphatic carbocycles. The third-order valence-electron chi connectivity index (χ3n) is 7.94. The molecular weight excluding hydrogens is 528 g/mol. The Morgan fingerprint density at radius 3 is 1.71 bits per heavy atom. The van der Waals surface area contributed by atoms with Crippen molar-refractivity contribution in [3.8, 4) is 11.5 Å². The lowest BCUT2D eigenvalue weighted by molar-refractivity contribution is 0.0681. The van der Waals surface area contributed by atoms with Gasteiger partial charge in [0, 0.05) is 0 Å². The molecule has 6 nitrogen and oxygen atoms in total. The summed E-state index contributed by atoms with van der Waals surface area (Å²) in [6.07, 6.45) is 19.7. The van der Waals surface area contributed by atoms with Gasteiger partial charge in [-0.25, -0.2) is 9.59 Å². The van der Waals surface area contributed by atoms with E-state index < -0.39 is 11.9 Å². The van der Waals surface area contributed by atoms with Gasteiger partial charge in [-0.1, -0.05) is 116 Å². The van der Waals surface area contributed by atoms with E-state index in [1.165, 1.54) is 51.4 Å². The van der Waals surface area contributed by atoms with Crippen LogP contribution in [0.1, 0.15) is 155 Å². The summed E-state index contributed by atoms with van der Waals surface area (Å²) in [5.41, 5.74) is 1.57. The van der Waals surface area contributed by atoms with Crippen molar-refractivity contribution in [1.82, 2.24) is 0 Å². The zero-order chi connectivity index (χ0) is 30.4. The van der Waals surface area contributed by atoms with Gasteiger partial charge in [0.05, 0.1) is 13.2 Å². The molecule has 2 aromatic carbocycles.